The van der Waals surface area contributed by atoms with Gasteiger partial charge >= 0.3 is 12.1 Å². The first-order valence-electron chi connectivity index (χ1n) is 4.61. The summed E-state index contributed by atoms with van der Waals surface area (Å²) in [5.41, 5.74) is -1.20. The Balaban J connectivity index is 2.41. The van der Waals surface area contributed by atoms with E-state index in [1.165, 1.54) is 0 Å². The lowest BCUT2D eigenvalue weighted by Gasteiger charge is -2.05. The first-order valence-corrected chi connectivity index (χ1v) is 4.61. The molecule has 0 aliphatic heterocycles. The third-order valence-electron chi connectivity index (χ3n) is 2.12. The van der Waals surface area contributed by atoms with Crippen LogP contribution in [0.4, 0.5) is 13.2 Å². The number of pyridine rings is 1. The lowest BCUT2D eigenvalue weighted by molar-refractivity contribution is -0.141. The second-order valence-electron chi connectivity index (χ2n) is 3.30. The normalized spacial score (nSPS) is 11.5. The van der Waals surface area contributed by atoms with Gasteiger partial charge in [-0.2, -0.15) is 13.2 Å². The summed E-state index contributed by atoms with van der Waals surface area (Å²) in [7, 11) is 0. The number of hydrogen-bond donors (Lipinski definition) is 1. The van der Waals surface area contributed by atoms with Crippen molar-refractivity contribution in [3.05, 3.63) is 35.8 Å². The predicted molar refractivity (Wildman–Crippen MR) is 51.7 cm³/mol. The minimum Gasteiger partial charge on any atom is -0.477 e. The number of carboxylic acid groups (broad SMARTS) is 1. The second kappa shape index (κ2) is 4.13. The SMILES string of the molecule is O=C(O)c1cnoc1-c1ccc(C(F)(F)F)nc1. The third kappa shape index (κ3) is 2.17. The van der Waals surface area contributed by atoms with Gasteiger partial charge in [-0.15, -0.1) is 0 Å². The molecular formula is C10H5F3N2O3. The van der Waals surface area contributed by atoms with Gasteiger partial charge in [0.2, 0.25) is 0 Å². The third-order valence-corrected chi connectivity index (χ3v) is 2.12. The number of nitrogens with zero attached hydrogens (tertiary/aromatic N) is 2. The fourth-order valence-corrected chi connectivity index (χ4v) is 1.30. The van der Waals surface area contributed by atoms with Gasteiger partial charge in [-0.3, -0.25) is 4.98 Å². The monoisotopic (exact) mass is 258 g/mol. The Morgan fingerprint density at radius 3 is 2.50 bits per heavy atom. The summed E-state index contributed by atoms with van der Waals surface area (Å²) >= 11 is 0. The second-order valence-corrected chi connectivity index (χ2v) is 3.30. The van der Waals surface area contributed by atoms with Crippen LogP contribution in [0.15, 0.2) is 29.0 Å². The topological polar surface area (TPSA) is 76.2 Å². The van der Waals surface area contributed by atoms with E-state index in [2.05, 4.69) is 14.7 Å². The smallest absolute Gasteiger partial charge is 0.433 e. The van der Waals surface area contributed by atoms with E-state index in [4.69, 9.17) is 5.11 Å². The highest BCUT2D eigenvalue weighted by molar-refractivity contribution is 5.93. The van der Waals surface area contributed by atoms with Crippen LogP contribution in [-0.4, -0.2) is 21.2 Å². The average Bonchev–Trinajstić information content (AvgIpc) is 2.77. The molecule has 2 rings (SSSR count). The molecule has 2 aromatic heterocycles. The van der Waals surface area contributed by atoms with E-state index in [0.717, 1.165) is 24.5 Å². The van der Waals surface area contributed by atoms with Gasteiger partial charge in [0, 0.05) is 11.8 Å². The molecule has 1 N–H and O–H groups in total. The summed E-state index contributed by atoms with van der Waals surface area (Å²) in [4.78, 5) is 14.0. The minimum atomic E-state index is -4.55. The Morgan fingerprint density at radius 1 is 1.28 bits per heavy atom. The van der Waals surface area contributed by atoms with Crippen LogP contribution in [0.25, 0.3) is 11.3 Å². The van der Waals surface area contributed by atoms with Crippen molar-refractivity contribution in [1.82, 2.24) is 10.1 Å². The molecule has 0 aliphatic rings. The van der Waals surface area contributed by atoms with Gasteiger partial charge < -0.3 is 9.63 Å². The molecule has 0 atom stereocenters. The van der Waals surface area contributed by atoms with Crippen molar-refractivity contribution in [2.24, 2.45) is 0 Å². The molecule has 0 saturated heterocycles. The summed E-state index contributed by atoms with van der Waals surface area (Å²) < 4.78 is 41.5. The largest absolute Gasteiger partial charge is 0.477 e. The molecule has 0 fully saturated rings. The van der Waals surface area contributed by atoms with Crippen molar-refractivity contribution in [3.63, 3.8) is 0 Å². The van der Waals surface area contributed by atoms with Crippen LogP contribution in [0.3, 0.4) is 0 Å². The molecule has 0 aliphatic carbocycles. The number of alkyl halides is 3. The molecule has 2 heterocycles. The summed E-state index contributed by atoms with van der Waals surface area (Å²) in [5, 5.41) is 12.1. The Labute approximate surface area is 97.9 Å². The fourth-order valence-electron chi connectivity index (χ4n) is 1.30. The van der Waals surface area contributed by atoms with E-state index in [-0.39, 0.29) is 16.9 Å². The van der Waals surface area contributed by atoms with E-state index in [1.54, 1.807) is 0 Å². The quantitative estimate of drug-likeness (QED) is 0.895. The van der Waals surface area contributed by atoms with Gasteiger partial charge in [-0.25, -0.2) is 4.79 Å². The number of halogens is 3. The lowest BCUT2D eigenvalue weighted by atomic mass is 10.1. The highest BCUT2D eigenvalue weighted by atomic mass is 19.4. The fraction of sp³-hybridized carbons (Fsp3) is 0.100. The van der Waals surface area contributed by atoms with Crippen LogP contribution in [0.5, 0.6) is 0 Å². The molecule has 8 heteroatoms. The van der Waals surface area contributed by atoms with E-state index in [0.29, 0.717) is 0 Å². The van der Waals surface area contributed by atoms with Crippen molar-refractivity contribution in [2.75, 3.05) is 0 Å². The molecule has 2 aromatic rings. The molecule has 94 valence electrons. The standard InChI is InChI=1S/C10H5F3N2O3/c11-10(12,13)7-2-1-5(3-14-7)8-6(9(16)17)4-15-18-8/h1-4H,(H,16,17). The Bertz CT molecular complexity index is 575. The maximum absolute atomic E-state index is 12.3. The van der Waals surface area contributed by atoms with Crippen molar-refractivity contribution in [2.45, 2.75) is 6.18 Å². The van der Waals surface area contributed by atoms with Crippen molar-refractivity contribution in [3.8, 4) is 11.3 Å². The van der Waals surface area contributed by atoms with Crippen LogP contribution in [-0.2, 0) is 6.18 Å². The molecule has 0 aromatic carbocycles. The maximum atomic E-state index is 12.3. The zero-order valence-corrected chi connectivity index (χ0v) is 8.60. The van der Waals surface area contributed by atoms with Crippen LogP contribution in [0, 0.1) is 0 Å². The van der Waals surface area contributed by atoms with E-state index in [1.807, 2.05) is 0 Å². The molecule has 0 bridgehead atoms. The first-order chi connectivity index (χ1) is 8.39. The predicted octanol–water partition coefficient (Wildman–Crippen LogP) is 2.45. The Hall–Kier alpha value is -2.38. The average molecular weight is 258 g/mol. The van der Waals surface area contributed by atoms with Crippen LogP contribution in [0.2, 0.25) is 0 Å². The highest BCUT2D eigenvalue weighted by Gasteiger charge is 2.32. The van der Waals surface area contributed by atoms with Gasteiger partial charge in [0.1, 0.15) is 11.3 Å². The Kier molecular flexibility index (Phi) is 2.77. The zero-order chi connectivity index (χ0) is 13.3. The molecular weight excluding hydrogens is 253 g/mol. The molecule has 0 saturated carbocycles. The van der Waals surface area contributed by atoms with E-state index in [9.17, 15) is 18.0 Å². The molecule has 0 unspecified atom stereocenters. The molecule has 0 radical (unpaired) electrons. The van der Waals surface area contributed by atoms with Crippen molar-refractivity contribution < 1.29 is 27.6 Å². The number of carbonyl (C=O) groups is 1. The van der Waals surface area contributed by atoms with Crippen molar-refractivity contribution >= 4 is 5.97 Å². The van der Waals surface area contributed by atoms with Crippen LogP contribution < -0.4 is 0 Å². The van der Waals surface area contributed by atoms with E-state index >= 15 is 0 Å². The maximum Gasteiger partial charge on any atom is 0.433 e. The Morgan fingerprint density at radius 2 is 2.00 bits per heavy atom. The van der Waals surface area contributed by atoms with Gasteiger partial charge in [-0.05, 0) is 12.1 Å². The van der Waals surface area contributed by atoms with E-state index < -0.39 is 17.8 Å². The number of hydrogen-bond acceptors (Lipinski definition) is 4. The molecule has 5 nitrogen and oxygen atoms in total. The van der Waals surface area contributed by atoms with Crippen LogP contribution in [0.1, 0.15) is 16.1 Å². The van der Waals surface area contributed by atoms with Gasteiger partial charge in [0.25, 0.3) is 0 Å². The van der Waals surface area contributed by atoms with Gasteiger partial charge in [-0.1, -0.05) is 5.16 Å². The molecule has 0 amide bonds. The first kappa shape index (κ1) is 12.1. The molecule has 0 spiro atoms. The number of rotatable bonds is 2. The number of aromatic carboxylic acids is 1. The molecule has 18 heavy (non-hydrogen) atoms. The lowest BCUT2D eigenvalue weighted by Crippen LogP contribution is -2.07. The minimum absolute atomic E-state index is 0.109. The zero-order valence-electron chi connectivity index (χ0n) is 8.60. The summed E-state index contributed by atoms with van der Waals surface area (Å²) in [6, 6.07) is 1.81. The van der Waals surface area contributed by atoms with Crippen LogP contribution >= 0.6 is 0 Å². The summed E-state index contributed by atoms with van der Waals surface area (Å²) in [6.45, 7) is 0. The van der Waals surface area contributed by atoms with Gasteiger partial charge in [0.15, 0.2) is 5.76 Å². The highest BCUT2D eigenvalue weighted by Crippen LogP contribution is 2.29. The van der Waals surface area contributed by atoms with Crippen molar-refractivity contribution in [1.29, 1.82) is 0 Å². The summed E-state index contributed by atoms with van der Waals surface area (Å²) in [6.07, 6.45) is -2.69. The van der Waals surface area contributed by atoms with Gasteiger partial charge in [0.05, 0.1) is 6.20 Å². The number of carboxylic acids is 1. The number of aromatic nitrogens is 2. The summed E-state index contributed by atoms with van der Waals surface area (Å²) in [5.74, 6) is -1.42.